The van der Waals surface area contributed by atoms with Gasteiger partial charge in [0.25, 0.3) is 5.91 Å². The summed E-state index contributed by atoms with van der Waals surface area (Å²) in [7, 11) is 1.64. The van der Waals surface area contributed by atoms with E-state index in [0.29, 0.717) is 5.56 Å². The molecule has 0 radical (unpaired) electrons. The van der Waals surface area contributed by atoms with Crippen LogP contribution >= 0.6 is 0 Å². The highest BCUT2D eigenvalue weighted by Crippen LogP contribution is 2.30. The summed E-state index contributed by atoms with van der Waals surface area (Å²) in [4.78, 5) is 21.0. The van der Waals surface area contributed by atoms with Gasteiger partial charge in [0.05, 0.1) is 20.2 Å². The number of hydrogen-bond donors (Lipinski definition) is 0. The predicted molar refractivity (Wildman–Crippen MR) is 99.0 cm³/mol. The van der Waals surface area contributed by atoms with Gasteiger partial charge in [-0.05, 0) is 37.1 Å². The first-order valence-corrected chi connectivity index (χ1v) is 9.04. The average Bonchev–Trinajstić information content (AvgIpc) is 3.19. The fourth-order valence-corrected chi connectivity index (χ4v) is 3.42. The Labute approximate surface area is 153 Å². The Morgan fingerprint density at radius 1 is 1.12 bits per heavy atom. The lowest BCUT2D eigenvalue weighted by atomic mass is 10.1. The van der Waals surface area contributed by atoms with Crippen molar-refractivity contribution in [2.45, 2.75) is 18.9 Å². The SMILES string of the molecule is COc1ccccc1OC1CN(c2cc(C(=O)N3CCCC3)ccn2)C1. The van der Waals surface area contributed by atoms with E-state index in [4.69, 9.17) is 9.47 Å². The number of carbonyl (C=O) groups excluding carboxylic acids is 1. The van der Waals surface area contributed by atoms with E-state index in [1.807, 2.05) is 35.2 Å². The molecule has 3 heterocycles. The lowest BCUT2D eigenvalue weighted by Gasteiger charge is -2.40. The van der Waals surface area contributed by atoms with Crippen molar-refractivity contribution < 1.29 is 14.3 Å². The smallest absolute Gasteiger partial charge is 0.254 e. The summed E-state index contributed by atoms with van der Waals surface area (Å²) >= 11 is 0. The minimum Gasteiger partial charge on any atom is -0.493 e. The molecule has 0 unspecified atom stereocenters. The lowest BCUT2D eigenvalue weighted by Crippen LogP contribution is -2.54. The Morgan fingerprint density at radius 3 is 2.58 bits per heavy atom. The number of rotatable bonds is 5. The van der Waals surface area contributed by atoms with Crippen molar-refractivity contribution in [2.75, 3.05) is 38.2 Å². The van der Waals surface area contributed by atoms with Crippen molar-refractivity contribution in [1.82, 2.24) is 9.88 Å². The van der Waals surface area contributed by atoms with Crippen molar-refractivity contribution in [3.05, 3.63) is 48.2 Å². The standard InChI is InChI=1S/C20H23N3O3/c1-25-17-6-2-3-7-18(17)26-16-13-23(14-16)19-12-15(8-9-21-19)20(24)22-10-4-5-11-22/h2-3,6-9,12,16H,4-5,10-11,13-14H2,1H3. The zero-order valence-electron chi connectivity index (χ0n) is 14.9. The van der Waals surface area contributed by atoms with Gasteiger partial charge in [-0.1, -0.05) is 12.1 Å². The van der Waals surface area contributed by atoms with Crippen LogP contribution in [0.5, 0.6) is 11.5 Å². The zero-order chi connectivity index (χ0) is 17.9. The lowest BCUT2D eigenvalue weighted by molar-refractivity contribution is 0.0792. The van der Waals surface area contributed by atoms with Crippen LogP contribution in [0.1, 0.15) is 23.2 Å². The summed E-state index contributed by atoms with van der Waals surface area (Å²) in [6.45, 7) is 3.20. The second-order valence-electron chi connectivity index (χ2n) is 6.70. The molecule has 2 saturated heterocycles. The number of methoxy groups -OCH3 is 1. The molecule has 2 aliphatic rings. The number of benzene rings is 1. The molecule has 0 N–H and O–H groups in total. The number of ether oxygens (including phenoxy) is 2. The second-order valence-corrected chi connectivity index (χ2v) is 6.70. The largest absolute Gasteiger partial charge is 0.493 e. The first-order valence-electron chi connectivity index (χ1n) is 9.04. The molecule has 4 rings (SSSR count). The fraction of sp³-hybridized carbons (Fsp3) is 0.400. The summed E-state index contributed by atoms with van der Waals surface area (Å²) in [6, 6.07) is 11.3. The molecule has 136 valence electrons. The average molecular weight is 353 g/mol. The molecule has 6 nitrogen and oxygen atoms in total. The highest BCUT2D eigenvalue weighted by molar-refractivity contribution is 5.95. The molecule has 2 aromatic rings. The topological polar surface area (TPSA) is 54.9 Å². The van der Waals surface area contributed by atoms with E-state index in [1.54, 1.807) is 19.4 Å². The normalized spacial score (nSPS) is 17.1. The summed E-state index contributed by atoms with van der Waals surface area (Å²) in [5.74, 6) is 2.43. The number of aromatic nitrogens is 1. The number of anilines is 1. The van der Waals surface area contributed by atoms with Crippen LogP contribution in [-0.2, 0) is 0 Å². The molecule has 1 amide bonds. The van der Waals surface area contributed by atoms with Crippen molar-refractivity contribution in [1.29, 1.82) is 0 Å². The summed E-state index contributed by atoms with van der Waals surface area (Å²) in [5.41, 5.74) is 0.714. The van der Waals surface area contributed by atoms with Crippen LogP contribution in [0.4, 0.5) is 5.82 Å². The maximum atomic E-state index is 12.5. The first kappa shape index (κ1) is 16.7. The van der Waals surface area contributed by atoms with Gasteiger partial charge in [-0.25, -0.2) is 4.98 Å². The quantitative estimate of drug-likeness (QED) is 0.827. The van der Waals surface area contributed by atoms with E-state index in [2.05, 4.69) is 9.88 Å². The number of likely N-dealkylation sites (tertiary alicyclic amines) is 1. The molecular formula is C20H23N3O3. The maximum absolute atomic E-state index is 12.5. The van der Waals surface area contributed by atoms with Gasteiger partial charge in [-0.3, -0.25) is 4.79 Å². The Balaban J connectivity index is 1.38. The van der Waals surface area contributed by atoms with Crippen molar-refractivity contribution >= 4 is 11.7 Å². The molecule has 6 heteroatoms. The van der Waals surface area contributed by atoms with Gasteiger partial charge in [0.15, 0.2) is 11.5 Å². The Kier molecular flexibility index (Phi) is 4.65. The molecule has 2 fully saturated rings. The summed E-state index contributed by atoms with van der Waals surface area (Å²) < 4.78 is 11.3. The Hall–Kier alpha value is -2.76. The van der Waals surface area contributed by atoms with E-state index in [-0.39, 0.29) is 12.0 Å². The Bertz CT molecular complexity index is 783. The first-order chi connectivity index (χ1) is 12.7. The number of para-hydroxylation sites is 2. The van der Waals surface area contributed by atoms with Gasteiger partial charge in [-0.2, -0.15) is 0 Å². The van der Waals surface area contributed by atoms with Crippen molar-refractivity contribution in [3.8, 4) is 11.5 Å². The molecule has 26 heavy (non-hydrogen) atoms. The van der Waals surface area contributed by atoms with Crippen molar-refractivity contribution in [3.63, 3.8) is 0 Å². The maximum Gasteiger partial charge on any atom is 0.254 e. The molecule has 0 aliphatic carbocycles. The summed E-state index contributed by atoms with van der Waals surface area (Å²) in [5, 5.41) is 0. The van der Waals surface area contributed by atoms with Crippen molar-refractivity contribution in [2.24, 2.45) is 0 Å². The Morgan fingerprint density at radius 2 is 1.85 bits per heavy atom. The van der Waals surface area contributed by atoms with Gasteiger partial charge in [0.2, 0.25) is 0 Å². The molecule has 1 aromatic carbocycles. The molecular weight excluding hydrogens is 330 g/mol. The minimum absolute atomic E-state index is 0.0889. The number of amides is 1. The van der Waals surface area contributed by atoms with Crippen LogP contribution in [0.2, 0.25) is 0 Å². The van der Waals surface area contributed by atoms with E-state index in [9.17, 15) is 4.79 Å². The van der Waals surface area contributed by atoms with Crippen LogP contribution in [0.25, 0.3) is 0 Å². The third kappa shape index (κ3) is 3.31. The minimum atomic E-state index is 0.0889. The van der Waals surface area contributed by atoms with Gasteiger partial charge in [-0.15, -0.1) is 0 Å². The number of pyridine rings is 1. The number of hydrogen-bond acceptors (Lipinski definition) is 5. The van der Waals surface area contributed by atoms with Gasteiger partial charge >= 0.3 is 0 Å². The third-order valence-electron chi connectivity index (χ3n) is 4.92. The van der Waals surface area contributed by atoms with Crippen LogP contribution in [0.3, 0.4) is 0 Å². The summed E-state index contributed by atoms with van der Waals surface area (Å²) in [6.07, 6.45) is 3.99. The molecule has 1 aromatic heterocycles. The molecule has 0 saturated carbocycles. The predicted octanol–water partition coefficient (Wildman–Crippen LogP) is 2.59. The van der Waals surface area contributed by atoms with Gasteiger partial charge in [0, 0.05) is 24.8 Å². The van der Waals surface area contributed by atoms with Crippen LogP contribution in [0, 0.1) is 0 Å². The number of carbonyl (C=O) groups is 1. The third-order valence-corrected chi connectivity index (χ3v) is 4.92. The molecule has 0 spiro atoms. The second kappa shape index (κ2) is 7.23. The van der Waals surface area contributed by atoms with Crippen LogP contribution in [-0.4, -0.2) is 55.2 Å². The van der Waals surface area contributed by atoms with Gasteiger partial charge < -0.3 is 19.3 Å². The number of nitrogens with zero attached hydrogens (tertiary/aromatic N) is 3. The van der Waals surface area contributed by atoms with E-state index in [0.717, 1.165) is 56.3 Å². The molecule has 0 atom stereocenters. The fourth-order valence-electron chi connectivity index (χ4n) is 3.42. The molecule has 0 bridgehead atoms. The van der Waals surface area contributed by atoms with E-state index < -0.39 is 0 Å². The van der Waals surface area contributed by atoms with E-state index >= 15 is 0 Å². The highest BCUT2D eigenvalue weighted by atomic mass is 16.5. The zero-order valence-corrected chi connectivity index (χ0v) is 14.9. The van der Waals surface area contributed by atoms with Crippen LogP contribution < -0.4 is 14.4 Å². The van der Waals surface area contributed by atoms with E-state index in [1.165, 1.54) is 0 Å². The monoisotopic (exact) mass is 353 g/mol. The molecule has 2 aliphatic heterocycles. The highest BCUT2D eigenvalue weighted by Gasteiger charge is 2.31. The van der Waals surface area contributed by atoms with Crippen LogP contribution in [0.15, 0.2) is 42.6 Å². The van der Waals surface area contributed by atoms with Gasteiger partial charge in [0.1, 0.15) is 11.9 Å².